The number of nitrogens with one attached hydrogen (secondary N) is 2. The van der Waals surface area contributed by atoms with E-state index in [4.69, 9.17) is 11.6 Å². The highest BCUT2D eigenvalue weighted by molar-refractivity contribution is 6.31. The molecule has 3 rings (SSSR count). The van der Waals surface area contributed by atoms with Gasteiger partial charge >= 0.3 is 5.69 Å². The second-order valence-corrected chi connectivity index (χ2v) is 5.82. The van der Waals surface area contributed by atoms with Gasteiger partial charge in [-0.25, -0.2) is 15.0 Å². The summed E-state index contributed by atoms with van der Waals surface area (Å²) >= 11 is 6.12. The fourth-order valence-corrected chi connectivity index (χ4v) is 2.52. The number of benzene rings is 1. The van der Waals surface area contributed by atoms with Gasteiger partial charge in [-0.15, -0.1) is 0 Å². The summed E-state index contributed by atoms with van der Waals surface area (Å²) in [5.41, 5.74) is 1.38. The third-order valence-electron chi connectivity index (χ3n) is 3.66. The summed E-state index contributed by atoms with van der Waals surface area (Å²) < 4.78 is 0. The maximum Gasteiger partial charge on any atom is 0.353 e. The quantitative estimate of drug-likeness (QED) is 0.497. The first kappa shape index (κ1) is 17.6. The predicted octanol–water partition coefficient (Wildman–Crippen LogP) is 4.10. The maximum absolute atomic E-state index is 11.6. The summed E-state index contributed by atoms with van der Waals surface area (Å²) in [4.78, 5) is 23.2. The number of nitro groups is 1. The van der Waals surface area contributed by atoms with Gasteiger partial charge in [-0.1, -0.05) is 35.9 Å². The van der Waals surface area contributed by atoms with Gasteiger partial charge in [0.15, 0.2) is 0 Å². The zero-order chi connectivity index (χ0) is 18.5. The number of pyridine rings is 1. The highest BCUT2D eigenvalue weighted by Crippen LogP contribution is 2.31. The maximum atomic E-state index is 11.6. The van der Waals surface area contributed by atoms with Crippen LogP contribution in [-0.2, 0) is 6.54 Å². The molecule has 0 aliphatic carbocycles. The molecule has 132 valence electrons. The van der Waals surface area contributed by atoms with Crippen LogP contribution in [0.4, 0.5) is 23.1 Å². The van der Waals surface area contributed by atoms with Crippen molar-refractivity contribution in [2.75, 3.05) is 10.6 Å². The molecular weight excluding hydrogens is 356 g/mol. The first-order valence-electron chi connectivity index (χ1n) is 7.71. The number of hydrogen-bond donors (Lipinski definition) is 2. The van der Waals surface area contributed by atoms with E-state index >= 15 is 0 Å². The van der Waals surface area contributed by atoms with Gasteiger partial charge < -0.3 is 10.6 Å². The topological polar surface area (TPSA) is 106 Å². The summed E-state index contributed by atoms with van der Waals surface area (Å²) in [7, 11) is 0. The normalized spacial score (nSPS) is 10.4. The molecule has 0 aliphatic heterocycles. The molecule has 1 aromatic carbocycles. The SMILES string of the molecule is Cc1cccnc1Nc1ncnc(NCc2ccccc2Cl)c1[N+](=O)[O-]. The summed E-state index contributed by atoms with van der Waals surface area (Å²) in [6, 6.07) is 10.9. The molecule has 0 aliphatic rings. The Bertz CT molecular complexity index is 950. The summed E-state index contributed by atoms with van der Waals surface area (Å²) in [5.74, 6) is 0.654. The lowest BCUT2D eigenvalue weighted by atomic mass is 10.2. The van der Waals surface area contributed by atoms with Gasteiger partial charge in [0, 0.05) is 17.8 Å². The van der Waals surface area contributed by atoms with E-state index in [1.54, 1.807) is 18.3 Å². The second kappa shape index (κ2) is 7.75. The number of aromatic nitrogens is 3. The minimum Gasteiger partial charge on any atom is -0.360 e. The molecular formula is C17H15ClN6O2. The van der Waals surface area contributed by atoms with Crippen molar-refractivity contribution in [1.29, 1.82) is 0 Å². The molecule has 0 unspecified atom stereocenters. The van der Waals surface area contributed by atoms with Gasteiger partial charge in [0.1, 0.15) is 12.1 Å². The highest BCUT2D eigenvalue weighted by Gasteiger charge is 2.23. The van der Waals surface area contributed by atoms with Gasteiger partial charge in [0.25, 0.3) is 0 Å². The molecule has 0 saturated carbocycles. The van der Waals surface area contributed by atoms with E-state index < -0.39 is 4.92 Å². The minimum absolute atomic E-state index is 0.0634. The third kappa shape index (κ3) is 3.86. The zero-order valence-electron chi connectivity index (χ0n) is 13.8. The Morgan fingerprint density at radius 2 is 1.85 bits per heavy atom. The number of aryl methyl sites for hydroxylation is 1. The standard InChI is InChI=1S/C17H15ClN6O2/c1-11-5-4-8-19-15(11)23-17-14(24(25)26)16(21-10-22-17)20-9-12-6-2-3-7-13(12)18/h2-8,10H,9H2,1H3,(H2,19,20,21,22,23). The molecule has 0 saturated heterocycles. The highest BCUT2D eigenvalue weighted by atomic mass is 35.5. The molecule has 0 bridgehead atoms. The first-order valence-corrected chi connectivity index (χ1v) is 8.09. The van der Waals surface area contributed by atoms with Gasteiger partial charge in [-0.3, -0.25) is 10.1 Å². The molecule has 2 heterocycles. The van der Waals surface area contributed by atoms with E-state index in [1.807, 2.05) is 31.2 Å². The molecule has 26 heavy (non-hydrogen) atoms. The molecule has 2 N–H and O–H groups in total. The second-order valence-electron chi connectivity index (χ2n) is 5.42. The Hall–Kier alpha value is -3.26. The van der Waals surface area contributed by atoms with Gasteiger partial charge in [0.05, 0.1) is 4.92 Å². The van der Waals surface area contributed by atoms with Crippen molar-refractivity contribution in [3.05, 3.63) is 75.2 Å². The van der Waals surface area contributed by atoms with Crippen molar-refractivity contribution < 1.29 is 4.92 Å². The molecule has 0 radical (unpaired) electrons. The van der Waals surface area contributed by atoms with Crippen molar-refractivity contribution >= 4 is 34.7 Å². The van der Waals surface area contributed by atoms with Crippen LogP contribution >= 0.6 is 11.6 Å². The van der Waals surface area contributed by atoms with Crippen molar-refractivity contribution in [3.8, 4) is 0 Å². The molecule has 2 aromatic heterocycles. The van der Waals surface area contributed by atoms with E-state index in [0.717, 1.165) is 11.1 Å². The fraction of sp³-hybridized carbons (Fsp3) is 0.118. The Balaban J connectivity index is 1.90. The van der Waals surface area contributed by atoms with Crippen molar-refractivity contribution in [3.63, 3.8) is 0 Å². The van der Waals surface area contributed by atoms with Crippen molar-refractivity contribution in [2.45, 2.75) is 13.5 Å². The Morgan fingerprint density at radius 1 is 1.08 bits per heavy atom. The number of anilines is 3. The van der Waals surface area contributed by atoms with Crippen LogP contribution in [0, 0.1) is 17.0 Å². The van der Waals surface area contributed by atoms with Crippen LogP contribution in [0.25, 0.3) is 0 Å². The van der Waals surface area contributed by atoms with Crippen LogP contribution in [0.1, 0.15) is 11.1 Å². The Labute approximate surface area is 154 Å². The molecule has 8 nitrogen and oxygen atoms in total. The lowest BCUT2D eigenvalue weighted by Crippen LogP contribution is -2.09. The first-order chi connectivity index (χ1) is 12.6. The lowest BCUT2D eigenvalue weighted by Gasteiger charge is -2.11. The average Bonchev–Trinajstić information content (AvgIpc) is 2.63. The van der Waals surface area contributed by atoms with E-state index in [-0.39, 0.29) is 17.3 Å². The molecule has 0 spiro atoms. The van der Waals surface area contributed by atoms with E-state index in [1.165, 1.54) is 6.33 Å². The predicted molar refractivity (Wildman–Crippen MR) is 99.7 cm³/mol. The van der Waals surface area contributed by atoms with Crippen LogP contribution in [-0.4, -0.2) is 19.9 Å². The molecule has 0 amide bonds. The molecule has 0 atom stereocenters. The van der Waals surface area contributed by atoms with E-state index in [2.05, 4.69) is 25.6 Å². The number of nitrogens with zero attached hydrogens (tertiary/aromatic N) is 4. The van der Waals surface area contributed by atoms with E-state index in [9.17, 15) is 10.1 Å². The van der Waals surface area contributed by atoms with Crippen LogP contribution in [0.3, 0.4) is 0 Å². The van der Waals surface area contributed by atoms with Crippen LogP contribution in [0.5, 0.6) is 0 Å². The molecule has 0 fully saturated rings. The van der Waals surface area contributed by atoms with Crippen LogP contribution < -0.4 is 10.6 Å². The van der Waals surface area contributed by atoms with Crippen LogP contribution in [0.2, 0.25) is 5.02 Å². The van der Waals surface area contributed by atoms with Gasteiger partial charge in [-0.05, 0) is 30.2 Å². The lowest BCUT2D eigenvalue weighted by molar-refractivity contribution is -0.383. The summed E-state index contributed by atoms with van der Waals surface area (Å²) in [6.45, 7) is 2.14. The van der Waals surface area contributed by atoms with Gasteiger partial charge in [0.2, 0.25) is 11.6 Å². The fourth-order valence-electron chi connectivity index (χ4n) is 2.32. The molecule has 3 aromatic rings. The Kier molecular flexibility index (Phi) is 5.23. The number of rotatable bonds is 6. The summed E-state index contributed by atoms with van der Waals surface area (Å²) in [5, 5.41) is 18.0. The molecule has 9 heteroatoms. The number of hydrogen-bond acceptors (Lipinski definition) is 7. The smallest absolute Gasteiger partial charge is 0.353 e. The monoisotopic (exact) mass is 370 g/mol. The van der Waals surface area contributed by atoms with Gasteiger partial charge in [-0.2, -0.15) is 0 Å². The van der Waals surface area contributed by atoms with E-state index in [0.29, 0.717) is 17.4 Å². The zero-order valence-corrected chi connectivity index (χ0v) is 14.6. The largest absolute Gasteiger partial charge is 0.360 e. The van der Waals surface area contributed by atoms with Crippen molar-refractivity contribution in [1.82, 2.24) is 15.0 Å². The Morgan fingerprint density at radius 3 is 2.58 bits per heavy atom. The summed E-state index contributed by atoms with van der Waals surface area (Å²) in [6.07, 6.45) is 2.85. The third-order valence-corrected chi connectivity index (χ3v) is 4.02. The van der Waals surface area contributed by atoms with Crippen molar-refractivity contribution in [2.24, 2.45) is 0 Å². The minimum atomic E-state index is -0.532. The van der Waals surface area contributed by atoms with Crippen LogP contribution in [0.15, 0.2) is 48.9 Å². The average molecular weight is 371 g/mol. The number of halogens is 1.